The summed E-state index contributed by atoms with van der Waals surface area (Å²) in [7, 11) is 0. The summed E-state index contributed by atoms with van der Waals surface area (Å²) < 4.78 is 29.1. The summed E-state index contributed by atoms with van der Waals surface area (Å²) >= 11 is 0. The maximum Gasteiger partial charge on any atom is 0.262 e. The van der Waals surface area contributed by atoms with Crippen molar-refractivity contribution in [3.8, 4) is 17.2 Å². The van der Waals surface area contributed by atoms with Crippen molar-refractivity contribution in [3.63, 3.8) is 0 Å². The van der Waals surface area contributed by atoms with Crippen LogP contribution in [0.25, 0.3) is 0 Å². The van der Waals surface area contributed by atoms with Crippen LogP contribution in [0, 0.1) is 11.7 Å². The van der Waals surface area contributed by atoms with Gasteiger partial charge in [-0.1, -0.05) is 6.07 Å². The summed E-state index contributed by atoms with van der Waals surface area (Å²) in [6.07, 6.45) is 0.120. The van der Waals surface area contributed by atoms with E-state index in [1.54, 1.807) is 35.2 Å². The second-order valence-electron chi connectivity index (χ2n) is 8.65. The molecule has 0 aliphatic carbocycles. The highest BCUT2D eigenvalue weighted by atomic mass is 19.1. The minimum atomic E-state index is -0.465. The van der Waals surface area contributed by atoms with Gasteiger partial charge in [0.15, 0.2) is 18.1 Å². The van der Waals surface area contributed by atoms with E-state index in [2.05, 4.69) is 10.6 Å². The van der Waals surface area contributed by atoms with Gasteiger partial charge in [-0.05, 0) is 66.2 Å². The van der Waals surface area contributed by atoms with Crippen LogP contribution in [-0.2, 0) is 20.9 Å². The van der Waals surface area contributed by atoms with Crippen LogP contribution < -0.4 is 29.7 Å². The van der Waals surface area contributed by atoms with Crippen LogP contribution in [0.5, 0.6) is 17.2 Å². The maximum absolute atomic E-state index is 13.0. The number of carbonyl (C=O) groups is 3. The van der Waals surface area contributed by atoms with Gasteiger partial charge in [-0.3, -0.25) is 14.4 Å². The van der Waals surface area contributed by atoms with Crippen molar-refractivity contribution in [3.05, 3.63) is 78.1 Å². The molecule has 0 aromatic heterocycles. The van der Waals surface area contributed by atoms with Gasteiger partial charge in [-0.15, -0.1) is 0 Å². The first-order valence-corrected chi connectivity index (χ1v) is 11.7. The number of nitrogens with one attached hydrogen (secondary N) is 2. The number of amides is 3. The highest BCUT2D eigenvalue weighted by Crippen LogP contribution is 2.32. The Labute approximate surface area is 212 Å². The number of hydrogen-bond acceptors (Lipinski definition) is 6. The van der Waals surface area contributed by atoms with Crippen LogP contribution in [0.15, 0.2) is 66.7 Å². The van der Waals surface area contributed by atoms with Crippen LogP contribution in [-0.4, -0.2) is 37.7 Å². The van der Waals surface area contributed by atoms with Crippen molar-refractivity contribution in [2.24, 2.45) is 5.92 Å². The molecule has 2 N–H and O–H groups in total. The van der Waals surface area contributed by atoms with E-state index in [0.29, 0.717) is 35.2 Å². The predicted octanol–water partition coefficient (Wildman–Crippen LogP) is 3.24. The Morgan fingerprint density at radius 2 is 1.76 bits per heavy atom. The molecular weight excluding hydrogens is 481 g/mol. The molecule has 9 nitrogen and oxygen atoms in total. The fourth-order valence-corrected chi connectivity index (χ4v) is 4.12. The molecule has 0 saturated carbocycles. The summed E-state index contributed by atoms with van der Waals surface area (Å²) in [6, 6.07) is 17.6. The van der Waals surface area contributed by atoms with Crippen molar-refractivity contribution in [2.75, 3.05) is 30.2 Å². The molecule has 2 heterocycles. The number of anilines is 2. The van der Waals surface area contributed by atoms with Gasteiger partial charge in [-0.2, -0.15) is 0 Å². The van der Waals surface area contributed by atoms with Crippen LogP contribution in [0.2, 0.25) is 0 Å². The van der Waals surface area contributed by atoms with E-state index in [1.165, 1.54) is 24.3 Å². The van der Waals surface area contributed by atoms with Gasteiger partial charge in [0.2, 0.25) is 18.6 Å². The normalized spacial score (nSPS) is 16.0. The summed E-state index contributed by atoms with van der Waals surface area (Å²) in [6.45, 7) is 0.545. The molecule has 2 aliphatic rings. The average molecular weight is 506 g/mol. The molecule has 3 amide bonds. The van der Waals surface area contributed by atoms with Gasteiger partial charge in [0.25, 0.3) is 5.91 Å². The fraction of sp³-hybridized carbons (Fsp3) is 0.222. The molecule has 1 fully saturated rings. The second-order valence-corrected chi connectivity index (χ2v) is 8.65. The zero-order valence-corrected chi connectivity index (χ0v) is 19.7. The van der Waals surface area contributed by atoms with Gasteiger partial charge in [0.05, 0.1) is 5.92 Å². The average Bonchev–Trinajstić information content (AvgIpc) is 3.54. The minimum Gasteiger partial charge on any atom is -0.484 e. The standard InChI is InChI=1S/C27H24FN3O6/c28-19-2-4-20(5-3-19)30-25(32)15-35-22-8-6-21(7-9-22)31-14-18(12-26(31)33)27(34)29-13-17-1-10-23-24(11-17)37-16-36-23/h1-11,18H,12-16H2,(H,29,34)(H,30,32). The number of fused-ring (bicyclic) bond motifs is 1. The molecule has 37 heavy (non-hydrogen) atoms. The molecule has 3 aromatic carbocycles. The lowest BCUT2D eigenvalue weighted by Gasteiger charge is -2.17. The lowest BCUT2D eigenvalue weighted by Crippen LogP contribution is -2.32. The first-order valence-electron chi connectivity index (χ1n) is 11.7. The quantitative estimate of drug-likeness (QED) is 0.487. The van der Waals surface area contributed by atoms with Crippen LogP contribution >= 0.6 is 0 Å². The molecule has 0 spiro atoms. The van der Waals surface area contributed by atoms with Crippen molar-refractivity contribution in [1.82, 2.24) is 5.32 Å². The molecule has 1 atom stereocenters. The highest BCUT2D eigenvalue weighted by molar-refractivity contribution is 6.00. The molecule has 3 aromatic rings. The molecule has 2 aliphatic heterocycles. The molecule has 1 unspecified atom stereocenters. The number of nitrogens with zero attached hydrogens (tertiary/aromatic N) is 1. The van der Waals surface area contributed by atoms with Gasteiger partial charge in [0.1, 0.15) is 11.6 Å². The third-order valence-corrected chi connectivity index (χ3v) is 6.05. The van der Waals surface area contributed by atoms with E-state index in [0.717, 1.165) is 5.56 Å². The summed E-state index contributed by atoms with van der Waals surface area (Å²) in [5.41, 5.74) is 1.98. The van der Waals surface area contributed by atoms with E-state index in [1.807, 2.05) is 12.1 Å². The molecule has 0 bridgehead atoms. The van der Waals surface area contributed by atoms with E-state index in [-0.39, 0.29) is 49.9 Å². The Morgan fingerprint density at radius 1 is 1.00 bits per heavy atom. The van der Waals surface area contributed by atoms with Crippen LogP contribution in [0.4, 0.5) is 15.8 Å². The molecule has 190 valence electrons. The molecule has 10 heteroatoms. The van der Waals surface area contributed by atoms with Gasteiger partial charge in [-0.25, -0.2) is 4.39 Å². The monoisotopic (exact) mass is 505 g/mol. The minimum absolute atomic E-state index is 0.120. The smallest absolute Gasteiger partial charge is 0.262 e. The lowest BCUT2D eigenvalue weighted by atomic mass is 10.1. The Hall–Kier alpha value is -4.60. The maximum atomic E-state index is 13.0. The van der Waals surface area contributed by atoms with E-state index < -0.39 is 5.92 Å². The molecule has 1 saturated heterocycles. The Balaban J connectivity index is 1.10. The van der Waals surface area contributed by atoms with Gasteiger partial charge >= 0.3 is 0 Å². The Kier molecular flexibility index (Phi) is 6.89. The van der Waals surface area contributed by atoms with Crippen molar-refractivity contribution >= 4 is 29.1 Å². The number of rotatable bonds is 8. The Bertz CT molecular complexity index is 1310. The number of halogens is 1. The van der Waals surface area contributed by atoms with Crippen LogP contribution in [0.3, 0.4) is 0 Å². The lowest BCUT2D eigenvalue weighted by molar-refractivity contribution is -0.126. The van der Waals surface area contributed by atoms with E-state index in [9.17, 15) is 18.8 Å². The summed E-state index contributed by atoms with van der Waals surface area (Å²) in [5.74, 6) is 0.192. The number of carbonyl (C=O) groups excluding carboxylic acids is 3. The Morgan fingerprint density at radius 3 is 2.54 bits per heavy atom. The zero-order valence-electron chi connectivity index (χ0n) is 19.7. The van der Waals surface area contributed by atoms with E-state index in [4.69, 9.17) is 14.2 Å². The summed E-state index contributed by atoms with van der Waals surface area (Å²) in [5, 5.41) is 5.51. The van der Waals surface area contributed by atoms with Crippen LogP contribution in [0.1, 0.15) is 12.0 Å². The number of hydrogen-bond donors (Lipinski definition) is 2. The third kappa shape index (κ3) is 5.80. The number of benzene rings is 3. The van der Waals surface area contributed by atoms with Crippen molar-refractivity contribution in [1.29, 1.82) is 0 Å². The van der Waals surface area contributed by atoms with Gasteiger partial charge in [0, 0.05) is 30.9 Å². The second kappa shape index (κ2) is 10.6. The van der Waals surface area contributed by atoms with Gasteiger partial charge < -0.3 is 29.7 Å². The summed E-state index contributed by atoms with van der Waals surface area (Å²) in [4.78, 5) is 38.9. The topological polar surface area (TPSA) is 106 Å². The first kappa shape index (κ1) is 24.1. The first-order chi connectivity index (χ1) is 17.9. The molecule has 0 radical (unpaired) electrons. The van der Waals surface area contributed by atoms with E-state index >= 15 is 0 Å². The van der Waals surface area contributed by atoms with Crippen molar-refractivity contribution < 1.29 is 33.0 Å². The zero-order chi connectivity index (χ0) is 25.8. The van der Waals surface area contributed by atoms with Crippen molar-refractivity contribution in [2.45, 2.75) is 13.0 Å². The predicted molar refractivity (Wildman–Crippen MR) is 132 cm³/mol. The number of ether oxygens (including phenoxy) is 3. The largest absolute Gasteiger partial charge is 0.484 e. The third-order valence-electron chi connectivity index (χ3n) is 6.05. The molecular formula is C27H24FN3O6. The highest BCUT2D eigenvalue weighted by Gasteiger charge is 2.35. The SMILES string of the molecule is O=C(COc1ccc(N2CC(C(=O)NCc3ccc4c(c3)OCO4)CC2=O)cc1)Nc1ccc(F)cc1. The fourth-order valence-electron chi connectivity index (χ4n) is 4.12. The molecule has 5 rings (SSSR count).